The number of nitrogens with two attached hydrogens (primary N) is 1. The van der Waals surface area contributed by atoms with E-state index in [1.165, 1.54) is 46.0 Å². The first kappa shape index (κ1) is 20.5. The monoisotopic (exact) mass is 422 g/mol. The second-order valence-electron chi connectivity index (χ2n) is 6.77. The molecule has 2 aromatic rings. The van der Waals surface area contributed by atoms with Crippen LogP contribution in [0.3, 0.4) is 0 Å². The van der Waals surface area contributed by atoms with Crippen molar-refractivity contribution in [3.05, 3.63) is 45.6 Å². The van der Waals surface area contributed by atoms with Crippen molar-refractivity contribution in [2.24, 2.45) is 11.1 Å². The smallest absolute Gasteiger partial charge is 0.348 e. The average molecular weight is 423 g/mol. The zero-order valence-corrected chi connectivity index (χ0v) is 17.1. The van der Waals surface area contributed by atoms with E-state index in [-0.39, 0.29) is 4.90 Å². The first-order valence-corrected chi connectivity index (χ1v) is 11.3. The molecule has 1 heterocycles. The van der Waals surface area contributed by atoms with Crippen molar-refractivity contribution in [2.45, 2.75) is 37.5 Å². The van der Waals surface area contributed by atoms with Crippen LogP contribution < -0.4 is 10.5 Å². The van der Waals surface area contributed by atoms with Gasteiger partial charge in [-0.2, -0.15) is 0 Å². The highest BCUT2D eigenvalue weighted by atomic mass is 32.2. The maximum Gasteiger partial charge on any atom is 0.348 e. The molecule has 1 unspecified atom stereocenters. The summed E-state index contributed by atoms with van der Waals surface area (Å²) in [5.74, 6) is -0.353. The third kappa shape index (κ3) is 4.98. The number of esters is 1. The molecule has 0 saturated carbocycles. The fourth-order valence-corrected chi connectivity index (χ4v) is 4.79. The number of rotatable bonds is 6. The molecule has 0 saturated heterocycles. The number of benzene rings is 1. The predicted octanol–water partition coefficient (Wildman–Crippen LogP) is 2.71. The number of fused-ring (bicyclic) bond motifs is 1. The number of ether oxygens (including phenoxy) is 1. The van der Waals surface area contributed by atoms with Gasteiger partial charge >= 0.3 is 5.97 Å². The summed E-state index contributed by atoms with van der Waals surface area (Å²) in [4.78, 5) is 25.9. The van der Waals surface area contributed by atoms with Gasteiger partial charge in [0, 0.05) is 10.6 Å². The van der Waals surface area contributed by atoms with Crippen molar-refractivity contribution in [3.63, 3.8) is 0 Å². The van der Waals surface area contributed by atoms with E-state index in [0.29, 0.717) is 16.5 Å². The van der Waals surface area contributed by atoms with Crippen LogP contribution in [-0.4, -0.2) is 26.9 Å². The standard InChI is InChI=1S/C19H22N2O5S2/c1-2-12-3-8-16-13(9-12)10-17(27-16)19(23)26-11-18(22)21-14-4-6-15(7-5-14)28(20,24)25/h4-7,10,12H,2-3,8-9,11H2,1H3,(H,21,22)(H2,20,24,25). The third-order valence-electron chi connectivity index (χ3n) is 4.76. The van der Waals surface area contributed by atoms with Crippen LogP contribution in [-0.2, 0) is 32.4 Å². The molecule has 1 aromatic heterocycles. The fourth-order valence-electron chi connectivity index (χ4n) is 3.18. The van der Waals surface area contributed by atoms with Crippen molar-refractivity contribution in [1.29, 1.82) is 0 Å². The molecule has 3 rings (SSSR count). The van der Waals surface area contributed by atoms with Gasteiger partial charge in [0.2, 0.25) is 10.0 Å². The van der Waals surface area contributed by atoms with Gasteiger partial charge in [-0.25, -0.2) is 18.4 Å². The predicted molar refractivity (Wildman–Crippen MR) is 107 cm³/mol. The van der Waals surface area contributed by atoms with E-state index in [1.54, 1.807) is 0 Å². The fraction of sp³-hybridized carbons (Fsp3) is 0.368. The van der Waals surface area contributed by atoms with Gasteiger partial charge in [-0.15, -0.1) is 11.3 Å². The molecule has 0 aliphatic heterocycles. The van der Waals surface area contributed by atoms with Gasteiger partial charge in [0.1, 0.15) is 4.88 Å². The highest BCUT2D eigenvalue weighted by molar-refractivity contribution is 7.89. The molecular formula is C19H22N2O5S2. The van der Waals surface area contributed by atoms with E-state index in [4.69, 9.17) is 9.88 Å². The lowest BCUT2D eigenvalue weighted by Gasteiger charge is -2.19. The minimum Gasteiger partial charge on any atom is -0.451 e. The summed E-state index contributed by atoms with van der Waals surface area (Å²) in [7, 11) is -3.79. The number of carbonyl (C=O) groups is 2. The molecule has 3 N–H and O–H groups in total. The Labute approximate surface area is 167 Å². The Kier molecular flexibility index (Phi) is 6.17. The van der Waals surface area contributed by atoms with Crippen LogP contribution >= 0.6 is 11.3 Å². The quantitative estimate of drug-likeness (QED) is 0.695. The number of primary sulfonamides is 1. The highest BCUT2D eigenvalue weighted by Gasteiger charge is 2.23. The Hall–Kier alpha value is -2.23. The summed E-state index contributed by atoms with van der Waals surface area (Å²) in [6.07, 6.45) is 4.25. The molecule has 0 radical (unpaired) electrons. The SMILES string of the molecule is CCC1CCc2sc(C(=O)OCC(=O)Nc3ccc(S(N)(=O)=O)cc3)cc2C1. The molecule has 1 aliphatic carbocycles. The minimum absolute atomic E-state index is 0.0519. The number of nitrogens with one attached hydrogen (secondary N) is 1. The number of hydrogen-bond acceptors (Lipinski definition) is 6. The molecule has 28 heavy (non-hydrogen) atoms. The molecule has 0 spiro atoms. The molecule has 1 amide bonds. The zero-order valence-electron chi connectivity index (χ0n) is 15.4. The summed E-state index contributed by atoms with van der Waals surface area (Å²) in [5.41, 5.74) is 1.60. The van der Waals surface area contributed by atoms with Crippen molar-refractivity contribution >= 4 is 38.9 Å². The third-order valence-corrected chi connectivity index (χ3v) is 6.91. The second kappa shape index (κ2) is 8.42. The lowest BCUT2D eigenvalue weighted by molar-refractivity contribution is -0.119. The Morgan fingerprint density at radius 1 is 1.29 bits per heavy atom. The maximum absolute atomic E-state index is 12.3. The Bertz CT molecular complexity index is 980. The molecule has 0 bridgehead atoms. The first-order chi connectivity index (χ1) is 13.3. The molecule has 9 heteroatoms. The van der Waals surface area contributed by atoms with E-state index in [2.05, 4.69) is 12.2 Å². The lowest BCUT2D eigenvalue weighted by Crippen LogP contribution is -2.20. The average Bonchev–Trinajstić information content (AvgIpc) is 3.09. The van der Waals surface area contributed by atoms with Crippen LogP contribution in [0.1, 0.15) is 39.9 Å². The number of amides is 1. The Balaban J connectivity index is 1.53. The van der Waals surface area contributed by atoms with Crippen LogP contribution in [0.2, 0.25) is 0 Å². The molecule has 0 fully saturated rings. The number of carbonyl (C=O) groups excluding carboxylic acids is 2. The molecule has 1 atom stereocenters. The van der Waals surface area contributed by atoms with Crippen LogP contribution in [0.5, 0.6) is 0 Å². The van der Waals surface area contributed by atoms with Crippen LogP contribution in [0, 0.1) is 5.92 Å². The lowest BCUT2D eigenvalue weighted by atomic mass is 9.87. The van der Waals surface area contributed by atoms with E-state index in [0.717, 1.165) is 25.7 Å². The highest BCUT2D eigenvalue weighted by Crippen LogP contribution is 2.33. The number of thiophene rings is 1. The molecule has 1 aliphatic rings. The van der Waals surface area contributed by atoms with Gasteiger partial charge in [0.05, 0.1) is 4.90 Å². The van der Waals surface area contributed by atoms with Crippen LogP contribution in [0.15, 0.2) is 35.2 Å². The zero-order chi connectivity index (χ0) is 20.3. The Morgan fingerprint density at radius 3 is 2.64 bits per heavy atom. The van der Waals surface area contributed by atoms with Gasteiger partial charge < -0.3 is 10.1 Å². The largest absolute Gasteiger partial charge is 0.451 e. The van der Waals surface area contributed by atoms with Crippen molar-refractivity contribution < 1.29 is 22.7 Å². The summed E-state index contributed by atoms with van der Waals surface area (Å²) >= 11 is 1.44. The van der Waals surface area contributed by atoms with Gasteiger partial charge in [0.15, 0.2) is 6.61 Å². The normalized spacial score (nSPS) is 16.3. The number of aryl methyl sites for hydroxylation is 1. The molecule has 7 nitrogen and oxygen atoms in total. The second-order valence-corrected chi connectivity index (χ2v) is 9.47. The summed E-state index contributed by atoms with van der Waals surface area (Å²) < 4.78 is 27.6. The molecule has 150 valence electrons. The summed E-state index contributed by atoms with van der Waals surface area (Å²) in [5, 5.41) is 7.57. The van der Waals surface area contributed by atoms with Gasteiger partial charge in [-0.05, 0) is 61.1 Å². The first-order valence-electron chi connectivity index (χ1n) is 8.97. The number of hydrogen-bond donors (Lipinski definition) is 2. The summed E-state index contributed by atoms with van der Waals surface area (Å²) in [6, 6.07) is 7.29. The van der Waals surface area contributed by atoms with Gasteiger partial charge in [-0.1, -0.05) is 13.3 Å². The van der Waals surface area contributed by atoms with Crippen LogP contribution in [0.4, 0.5) is 5.69 Å². The topological polar surface area (TPSA) is 116 Å². The summed E-state index contributed by atoms with van der Waals surface area (Å²) in [6.45, 7) is 1.76. The minimum atomic E-state index is -3.79. The molecular weight excluding hydrogens is 400 g/mol. The van der Waals surface area contributed by atoms with Crippen LogP contribution in [0.25, 0.3) is 0 Å². The van der Waals surface area contributed by atoms with Gasteiger partial charge in [0.25, 0.3) is 5.91 Å². The number of sulfonamides is 1. The molecule has 1 aromatic carbocycles. The van der Waals surface area contributed by atoms with E-state index >= 15 is 0 Å². The van der Waals surface area contributed by atoms with E-state index < -0.39 is 28.5 Å². The van der Waals surface area contributed by atoms with Crippen molar-refractivity contribution in [2.75, 3.05) is 11.9 Å². The van der Waals surface area contributed by atoms with E-state index in [1.807, 2.05) is 6.07 Å². The van der Waals surface area contributed by atoms with E-state index in [9.17, 15) is 18.0 Å². The maximum atomic E-state index is 12.3. The Morgan fingerprint density at radius 2 is 2.00 bits per heavy atom. The van der Waals surface area contributed by atoms with Gasteiger partial charge in [-0.3, -0.25) is 4.79 Å². The number of anilines is 1. The van der Waals surface area contributed by atoms with Crippen molar-refractivity contribution in [1.82, 2.24) is 0 Å². The van der Waals surface area contributed by atoms with Crippen molar-refractivity contribution in [3.8, 4) is 0 Å².